The highest BCUT2D eigenvalue weighted by molar-refractivity contribution is 7.89. The maximum Gasteiger partial charge on any atom is 0.243 e. The summed E-state index contributed by atoms with van der Waals surface area (Å²) in [6.45, 7) is 5.77. The molecule has 7 heteroatoms. The van der Waals surface area contributed by atoms with Gasteiger partial charge in [0.1, 0.15) is 12.4 Å². The Hall–Kier alpha value is -2.38. The average Bonchev–Trinajstić information content (AvgIpc) is 2.77. The van der Waals surface area contributed by atoms with Crippen LogP contribution in [0, 0.1) is 5.92 Å². The first kappa shape index (κ1) is 22.3. The molecule has 0 atom stereocenters. The summed E-state index contributed by atoms with van der Waals surface area (Å²) in [4.78, 5) is 12.8. The third-order valence-corrected chi connectivity index (χ3v) is 7.32. The smallest absolute Gasteiger partial charge is 0.243 e. The topological polar surface area (TPSA) is 75.7 Å². The minimum Gasteiger partial charge on any atom is -0.491 e. The number of sulfonamides is 1. The summed E-state index contributed by atoms with van der Waals surface area (Å²) in [5.41, 5.74) is 1.15. The van der Waals surface area contributed by atoms with E-state index in [1.807, 2.05) is 18.2 Å². The Morgan fingerprint density at radius 3 is 2.37 bits per heavy atom. The van der Waals surface area contributed by atoms with Gasteiger partial charge < -0.3 is 10.1 Å². The third-order valence-electron chi connectivity index (χ3n) is 5.41. The molecule has 30 heavy (non-hydrogen) atoms. The SMILES string of the molecule is CC(C)c1ccccc1OCCNC(=O)C1CCN(S(=O)(=O)c2ccccc2)CC1. The maximum absolute atomic E-state index is 12.7. The number of nitrogens with one attached hydrogen (secondary N) is 1. The molecule has 0 aliphatic carbocycles. The van der Waals surface area contributed by atoms with Crippen LogP contribution >= 0.6 is 0 Å². The first-order chi connectivity index (χ1) is 14.4. The molecule has 2 aromatic carbocycles. The molecule has 0 saturated carbocycles. The third kappa shape index (κ3) is 5.40. The van der Waals surface area contributed by atoms with Gasteiger partial charge in [0.15, 0.2) is 0 Å². The van der Waals surface area contributed by atoms with Crippen molar-refractivity contribution in [2.24, 2.45) is 5.92 Å². The van der Waals surface area contributed by atoms with Crippen LogP contribution in [0.3, 0.4) is 0 Å². The van der Waals surface area contributed by atoms with E-state index >= 15 is 0 Å². The summed E-state index contributed by atoms with van der Waals surface area (Å²) in [7, 11) is -3.49. The summed E-state index contributed by atoms with van der Waals surface area (Å²) in [6, 6.07) is 16.4. The van der Waals surface area contributed by atoms with Crippen LogP contribution < -0.4 is 10.1 Å². The van der Waals surface area contributed by atoms with Gasteiger partial charge in [0.05, 0.1) is 11.4 Å². The lowest BCUT2D eigenvalue weighted by atomic mass is 9.97. The Balaban J connectivity index is 1.44. The van der Waals surface area contributed by atoms with Crippen LogP contribution in [-0.4, -0.2) is 44.9 Å². The van der Waals surface area contributed by atoms with E-state index in [0.29, 0.717) is 49.9 Å². The molecule has 0 radical (unpaired) electrons. The number of ether oxygens (including phenoxy) is 1. The molecule has 0 aromatic heterocycles. The number of hydrogen-bond donors (Lipinski definition) is 1. The molecule has 1 amide bonds. The van der Waals surface area contributed by atoms with Crippen molar-refractivity contribution in [1.29, 1.82) is 0 Å². The molecule has 6 nitrogen and oxygen atoms in total. The van der Waals surface area contributed by atoms with E-state index in [2.05, 4.69) is 25.2 Å². The van der Waals surface area contributed by atoms with Crippen LogP contribution in [0.1, 0.15) is 38.2 Å². The number of nitrogens with zero attached hydrogens (tertiary/aromatic N) is 1. The Bertz CT molecular complexity index is 937. The zero-order chi connectivity index (χ0) is 21.6. The molecule has 1 saturated heterocycles. The van der Waals surface area contributed by atoms with E-state index in [1.54, 1.807) is 30.3 Å². The van der Waals surface area contributed by atoms with Crippen LogP contribution in [0.25, 0.3) is 0 Å². The van der Waals surface area contributed by atoms with Crippen molar-refractivity contribution >= 4 is 15.9 Å². The van der Waals surface area contributed by atoms with Gasteiger partial charge in [0.2, 0.25) is 15.9 Å². The number of para-hydroxylation sites is 1. The van der Waals surface area contributed by atoms with Gasteiger partial charge in [-0.2, -0.15) is 4.31 Å². The molecule has 1 aliphatic heterocycles. The lowest BCUT2D eigenvalue weighted by Gasteiger charge is -2.30. The van der Waals surface area contributed by atoms with Crippen LogP contribution in [0.15, 0.2) is 59.5 Å². The largest absolute Gasteiger partial charge is 0.491 e. The van der Waals surface area contributed by atoms with Gasteiger partial charge >= 0.3 is 0 Å². The lowest BCUT2D eigenvalue weighted by Crippen LogP contribution is -2.43. The van der Waals surface area contributed by atoms with E-state index in [9.17, 15) is 13.2 Å². The summed E-state index contributed by atoms with van der Waals surface area (Å²) in [6.07, 6.45) is 1.05. The van der Waals surface area contributed by atoms with Gasteiger partial charge in [-0.1, -0.05) is 50.2 Å². The van der Waals surface area contributed by atoms with Gasteiger partial charge in [-0.05, 0) is 42.5 Å². The Morgan fingerprint density at radius 1 is 1.07 bits per heavy atom. The zero-order valence-corrected chi connectivity index (χ0v) is 18.4. The predicted molar refractivity (Wildman–Crippen MR) is 117 cm³/mol. The highest BCUT2D eigenvalue weighted by Gasteiger charge is 2.31. The van der Waals surface area contributed by atoms with Gasteiger partial charge in [0.25, 0.3) is 0 Å². The fourth-order valence-electron chi connectivity index (χ4n) is 3.67. The van der Waals surface area contributed by atoms with Crippen molar-refractivity contribution in [3.8, 4) is 5.75 Å². The molecule has 3 rings (SSSR count). The van der Waals surface area contributed by atoms with Crippen LogP contribution in [-0.2, 0) is 14.8 Å². The summed E-state index contributed by atoms with van der Waals surface area (Å²) in [5.74, 6) is 1.01. The maximum atomic E-state index is 12.7. The van der Waals surface area contributed by atoms with Crippen LogP contribution in [0.4, 0.5) is 0 Å². The van der Waals surface area contributed by atoms with Crippen molar-refractivity contribution in [3.63, 3.8) is 0 Å². The zero-order valence-electron chi connectivity index (χ0n) is 17.6. The Labute approximate surface area is 179 Å². The number of amides is 1. The number of hydrogen-bond acceptors (Lipinski definition) is 4. The Kier molecular flexibility index (Phi) is 7.50. The Morgan fingerprint density at radius 2 is 1.70 bits per heavy atom. The molecular formula is C23H30N2O4S. The summed E-state index contributed by atoms with van der Waals surface area (Å²) >= 11 is 0. The number of carbonyl (C=O) groups excluding carboxylic acids is 1. The average molecular weight is 431 g/mol. The van der Waals surface area contributed by atoms with E-state index in [-0.39, 0.29) is 11.8 Å². The second kappa shape index (κ2) is 10.1. The van der Waals surface area contributed by atoms with E-state index in [1.165, 1.54) is 4.31 Å². The molecule has 1 N–H and O–H groups in total. The lowest BCUT2D eigenvalue weighted by molar-refractivity contribution is -0.126. The predicted octanol–water partition coefficient (Wildman–Crippen LogP) is 3.41. The van der Waals surface area contributed by atoms with Gasteiger partial charge in [-0.25, -0.2) is 8.42 Å². The van der Waals surface area contributed by atoms with E-state index < -0.39 is 10.0 Å². The molecule has 162 valence electrons. The molecular weight excluding hydrogens is 400 g/mol. The molecule has 1 fully saturated rings. The first-order valence-electron chi connectivity index (χ1n) is 10.4. The highest BCUT2D eigenvalue weighted by atomic mass is 32.2. The second-order valence-electron chi connectivity index (χ2n) is 7.82. The fraction of sp³-hybridized carbons (Fsp3) is 0.435. The van der Waals surface area contributed by atoms with E-state index in [0.717, 1.165) is 11.3 Å². The molecule has 0 spiro atoms. The van der Waals surface area contributed by atoms with Gasteiger partial charge in [0, 0.05) is 19.0 Å². The molecule has 0 bridgehead atoms. The van der Waals surface area contributed by atoms with Crippen molar-refractivity contribution in [2.45, 2.75) is 37.5 Å². The molecule has 1 aliphatic rings. The molecule has 0 unspecified atom stereocenters. The van der Waals surface area contributed by atoms with Crippen molar-refractivity contribution < 1.29 is 17.9 Å². The van der Waals surface area contributed by atoms with Crippen LogP contribution in [0.2, 0.25) is 0 Å². The minimum absolute atomic E-state index is 0.0347. The minimum atomic E-state index is -3.49. The summed E-state index contributed by atoms with van der Waals surface area (Å²) in [5, 5.41) is 2.92. The quantitative estimate of drug-likeness (QED) is 0.651. The monoisotopic (exact) mass is 430 g/mol. The number of rotatable bonds is 8. The second-order valence-corrected chi connectivity index (χ2v) is 9.76. The molecule has 1 heterocycles. The first-order valence-corrected chi connectivity index (χ1v) is 11.9. The normalized spacial score (nSPS) is 15.8. The van der Waals surface area contributed by atoms with Crippen molar-refractivity contribution in [1.82, 2.24) is 9.62 Å². The fourth-order valence-corrected chi connectivity index (χ4v) is 5.16. The number of benzene rings is 2. The highest BCUT2D eigenvalue weighted by Crippen LogP contribution is 2.26. The number of carbonyl (C=O) groups is 1. The van der Waals surface area contributed by atoms with Crippen molar-refractivity contribution in [2.75, 3.05) is 26.2 Å². The van der Waals surface area contributed by atoms with Crippen LogP contribution in [0.5, 0.6) is 5.75 Å². The standard InChI is InChI=1S/C23H30N2O4S/c1-18(2)21-10-6-7-11-22(21)29-17-14-24-23(26)19-12-15-25(16-13-19)30(27,28)20-8-4-3-5-9-20/h3-11,18-19H,12-17H2,1-2H3,(H,24,26). The summed E-state index contributed by atoms with van der Waals surface area (Å²) < 4.78 is 32.7. The van der Waals surface area contributed by atoms with Crippen molar-refractivity contribution in [3.05, 3.63) is 60.2 Å². The van der Waals surface area contributed by atoms with Gasteiger partial charge in [-0.15, -0.1) is 0 Å². The van der Waals surface area contributed by atoms with Gasteiger partial charge in [-0.3, -0.25) is 4.79 Å². The number of piperidine rings is 1. The molecule has 2 aromatic rings. The van der Waals surface area contributed by atoms with E-state index in [4.69, 9.17) is 4.74 Å².